The fourth-order valence-corrected chi connectivity index (χ4v) is 2.85. The molecule has 134 valence electrons. The van der Waals surface area contributed by atoms with E-state index in [9.17, 15) is 8.78 Å². The third-order valence-electron chi connectivity index (χ3n) is 3.67. The lowest BCUT2D eigenvalue weighted by molar-refractivity contribution is 0.303. The van der Waals surface area contributed by atoms with Gasteiger partial charge in [-0.2, -0.15) is 0 Å². The number of rotatable bonds is 6. The molecule has 3 rings (SSSR count). The zero-order valence-electron chi connectivity index (χ0n) is 13.9. The van der Waals surface area contributed by atoms with Gasteiger partial charge in [0.05, 0.1) is 23.0 Å². The van der Waals surface area contributed by atoms with Crippen LogP contribution in [0, 0.1) is 11.6 Å². The zero-order valence-corrected chi connectivity index (χ0v) is 15.5. The minimum Gasteiger partial charge on any atom is -0.494 e. The molecule has 0 aliphatic rings. The van der Waals surface area contributed by atoms with E-state index in [1.165, 1.54) is 37.4 Å². The van der Waals surface area contributed by atoms with Gasteiger partial charge in [-0.25, -0.2) is 8.78 Å². The Kier molecular flexibility index (Phi) is 5.73. The standard InChI is InChI=1S/C20H16BrF2NO2/c1-25-18-10-14(22)7-8-16(18)24-17-9-15(23)11-19(20(17)21)26-12-13-5-3-2-4-6-13/h2-11,24H,12H2,1H3. The van der Waals surface area contributed by atoms with Gasteiger partial charge in [-0.15, -0.1) is 0 Å². The molecule has 0 heterocycles. The molecular formula is C20H16BrF2NO2. The van der Waals surface area contributed by atoms with Crippen molar-refractivity contribution in [2.75, 3.05) is 12.4 Å². The fourth-order valence-electron chi connectivity index (χ4n) is 2.41. The molecule has 0 radical (unpaired) electrons. The Hall–Kier alpha value is -2.60. The molecule has 26 heavy (non-hydrogen) atoms. The van der Waals surface area contributed by atoms with Crippen LogP contribution in [0.25, 0.3) is 0 Å². The van der Waals surface area contributed by atoms with Crippen molar-refractivity contribution in [3.8, 4) is 11.5 Å². The molecule has 0 aliphatic heterocycles. The van der Waals surface area contributed by atoms with Gasteiger partial charge in [-0.1, -0.05) is 30.3 Å². The first-order valence-electron chi connectivity index (χ1n) is 7.83. The zero-order chi connectivity index (χ0) is 18.5. The number of anilines is 2. The molecule has 0 saturated carbocycles. The van der Waals surface area contributed by atoms with E-state index in [0.717, 1.165) is 5.56 Å². The number of nitrogens with one attached hydrogen (secondary N) is 1. The van der Waals surface area contributed by atoms with Gasteiger partial charge in [0.25, 0.3) is 0 Å². The highest BCUT2D eigenvalue weighted by Crippen LogP contribution is 2.38. The predicted molar refractivity (Wildman–Crippen MR) is 101 cm³/mol. The van der Waals surface area contributed by atoms with E-state index >= 15 is 0 Å². The van der Waals surface area contributed by atoms with Crippen LogP contribution in [0.3, 0.4) is 0 Å². The summed E-state index contributed by atoms with van der Waals surface area (Å²) < 4.78 is 38.9. The first kappa shape index (κ1) is 18.2. The van der Waals surface area contributed by atoms with Gasteiger partial charge in [-0.3, -0.25) is 0 Å². The molecule has 3 aromatic rings. The largest absolute Gasteiger partial charge is 0.494 e. The number of halogens is 3. The lowest BCUT2D eigenvalue weighted by Gasteiger charge is -2.15. The highest BCUT2D eigenvalue weighted by Gasteiger charge is 2.13. The van der Waals surface area contributed by atoms with Crippen molar-refractivity contribution in [2.45, 2.75) is 6.61 Å². The molecule has 0 aromatic heterocycles. The summed E-state index contributed by atoms with van der Waals surface area (Å²) in [5.74, 6) is -0.206. The van der Waals surface area contributed by atoms with Crippen LogP contribution in [0.2, 0.25) is 0 Å². The van der Waals surface area contributed by atoms with E-state index in [2.05, 4.69) is 21.2 Å². The van der Waals surface area contributed by atoms with Gasteiger partial charge in [0, 0.05) is 12.1 Å². The van der Waals surface area contributed by atoms with E-state index in [-0.39, 0.29) is 0 Å². The van der Waals surface area contributed by atoms with Crippen molar-refractivity contribution in [2.24, 2.45) is 0 Å². The lowest BCUT2D eigenvalue weighted by atomic mass is 10.2. The van der Waals surface area contributed by atoms with Gasteiger partial charge in [0.2, 0.25) is 0 Å². The van der Waals surface area contributed by atoms with E-state index in [1.54, 1.807) is 0 Å². The SMILES string of the molecule is COc1cc(F)ccc1Nc1cc(F)cc(OCc2ccccc2)c1Br. The maximum absolute atomic E-state index is 14.1. The Morgan fingerprint density at radius 1 is 0.885 bits per heavy atom. The van der Waals surface area contributed by atoms with Crippen molar-refractivity contribution in [1.82, 2.24) is 0 Å². The summed E-state index contributed by atoms with van der Waals surface area (Å²) in [6, 6.07) is 16.3. The summed E-state index contributed by atoms with van der Waals surface area (Å²) in [7, 11) is 1.44. The van der Waals surface area contributed by atoms with Crippen LogP contribution in [0.4, 0.5) is 20.2 Å². The molecule has 1 N–H and O–H groups in total. The molecule has 0 unspecified atom stereocenters. The third kappa shape index (κ3) is 4.32. The van der Waals surface area contributed by atoms with E-state index in [0.29, 0.717) is 34.0 Å². The Bertz CT molecular complexity index is 904. The summed E-state index contributed by atoms with van der Waals surface area (Å²) in [5, 5.41) is 3.04. The van der Waals surface area contributed by atoms with Crippen LogP contribution in [-0.4, -0.2) is 7.11 Å². The normalized spacial score (nSPS) is 10.5. The summed E-state index contributed by atoms with van der Waals surface area (Å²) in [4.78, 5) is 0. The van der Waals surface area contributed by atoms with Gasteiger partial charge in [-0.05, 0) is 39.7 Å². The first-order chi connectivity index (χ1) is 12.6. The average molecular weight is 420 g/mol. The molecule has 0 bridgehead atoms. The van der Waals surface area contributed by atoms with E-state index in [1.807, 2.05) is 30.3 Å². The van der Waals surface area contributed by atoms with Crippen LogP contribution in [0.15, 0.2) is 65.1 Å². The summed E-state index contributed by atoms with van der Waals surface area (Å²) in [6.45, 7) is 0.308. The minimum absolute atomic E-state index is 0.308. The van der Waals surface area contributed by atoms with E-state index < -0.39 is 11.6 Å². The average Bonchev–Trinajstić information content (AvgIpc) is 2.65. The predicted octanol–water partition coefficient (Wildman–Crippen LogP) is 6.06. The quantitative estimate of drug-likeness (QED) is 0.526. The van der Waals surface area contributed by atoms with Crippen molar-refractivity contribution in [3.05, 3.63) is 82.3 Å². The number of hydrogen-bond acceptors (Lipinski definition) is 3. The lowest BCUT2D eigenvalue weighted by Crippen LogP contribution is -2.00. The van der Waals surface area contributed by atoms with Crippen molar-refractivity contribution < 1.29 is 18.3 Å². The fraction of sp³-hybridized carbons (Fsp3) is 0.100. The second-order valence-corrected chi connectivity index (χ2v) is 6.30. The monoisotopic (exact) mass is 419 g/mol. The van der Waals surface area contributed by atoms with Crippen molar-refractivity contribution in [3.63, 3.8) is 0 Å². The van der Waals surface area contributed by atoms with Gasteiger partial charge in [0.1, 0.15) is 29.7 Å². The molecule has 0 amide bonds. The Morgan fingerprint density at radius 2 is 1.62 bits per heavy atom. The van der Waals surface area contributed by atoms with Gasteiger partial charge in [0.15, 0.2) is 0 Å². The van der Waals surface area contributed by atoms with Crippen LogP contribution < -0.4 is 14.8 Å². The molecule has 0 saturated heterocycles. The third-order valence-corrected chi connectivity index (χ3v) is 4.49. The number of hydrogen-bond donors (Lipinski definition) is 1. The number of ether oxygens (including phenoxy) is 2. The highest BCUT2D eigenvalue weighted by atomic mass is 79.9. The number of benzene rings is 3. The Balaban J connectivity index is 1.85. The molecular weight excluding hydrogens is 404 g/mol. The smallest absolute Gasteiger partial charge is 0.145 e. The van der Waals surface area contributed by atoms with Crippen LogP contribution in [-0.2, 0) is 6.61 Å². The molecule has 3 nitrogen and oxygen atoms in total. The molecule has 0 spiro atoms. The van der Waals surface area contributed by atoms with Crippen LogP contribution >= 0.6 is 15.9 Å². The second kappa shape index (κ2) is 8.19. The summed E-state index contributed by atoms with van der Waals surface area (Å²) >= 11 is 3.44. The minimum atomic E-state index is -0.458. The maximum Gasteiger partial charge on any atom is 0.145 e. The Labute approximate surface area is 158 Å². The second-order valence-electron chi connectivity index (χ2n) is 5.51. The van der Waals surface area contributed by atoms with Crippen molar-refractivity contribution >= 4 is 27.3 Å². The number of methoxy groups -OCH3 is 1. The molecule has 0 fully saturated rings. The maximum atomic E-state index is 14.1. The highest BCUT2D eigenvalue weighted by molar-refractivity contribution is 9.10. The topological polar surface area (TPSA) is 30.5 Å². The van der Waals surface area contributed by atoms with Crippen LogP contribution in [0.5, 0.6) is 11.5 Å². The van der Waals surface area contributed by atoms with Gasteiger partial charge >= 0.3 is 0 Å². The molecule has 6 heteroatoms. The van der Waals surface area contributed by atoms with E-state index in [4.69, 9.17) is 9.47 Å². The van der Waals surface area contributed by atoms with Gasteiger partial charge < -0.3 is 14.8 Å². The molecule has 0 aliphatic carbocycles. The first-order valence-corrected chi connectivity index (χ1v) is 8.62. The molecule has 0 atom stereocenters. The Morgan fingerprint density at radius 3 is 2.35 bits per heavy atom. The van der Waals surface area contributed by atoms with Crippen LogP contribution in [0.1, 0.15) is 5.56 Å². The van der Waals surface area contributed by atoms with Crippen molar-refractivity contribution in [1.29, 1.82) is 0 Å². The molecule has 3 aromatic carbocycles. The summed E-state index contributed by atoms with van der Waals surface area (Å²) in [6.07, 6.45) is 0. The summed E-state index contributed by atoms with van der Waals surface area (Å²) in [5.41, 5.74) is 1.92.